The lowest BCUT2D eigenvalue weighted by molar-refractivity contribution is -0.141. The first-order valence-electron chi connectivity index (χ1n) is 10.6. The molecule has 1 aromatic carbocycles. The molecule has 4 rings (SSSR count). The minimum absolute atomic E-state index is 0.00145. The number of rotatable bonds is 5. The van der Waals surface area contributed by atoms with Gasteiger partial charge in [0.25, 0.3) is 0 Å². The van der Waals surface area contributed by atoms with Crippen molar-refractivity contribution in [3.63, 3.8) is 0 Å². The Bertz CT molecular complexity index is 1210. The van der Waals surface area contributed by atoms with Gasteiger partial charge < -0.3 is 20.1 Å². The number of halogens is 3. The number of alkyl halides is 3. The largest absolute Gasteiger partial charge is 0.465 e. The first-order valence-corrected chi connectivity index (χ1v) is 10.6. The molecule has 3 aromatic rings. The third kappa shape index (κ3) is 5.11. The Balaban J connectivity index is 1.70. The van der Waals surface area contributed by atoms with Crippen LogP contribution in [0, 0.1) is 6.92 Å². The smallest absolute Gasteiger partial charge is 0.433 e. The number of hydrogen-bond donors (Lipinski definition) is 3. The maximum Gasteiger partial charge on any atom is 0.433 e. The van der Waals surface area contributed by atoms with Crippen molar-refractivity contribution in [3.05, 3.63) is 47.4 Å². The summed E-state index contributed by atoms with van der Waals surface area (Å²) in [5.41, 5.74) is 0.263. The first-order chi connectivity index (χ1) is 16.1. The molecule has 0 saturated carbocycles. The summed E-state index contributed by atoms with van der Waals surface area (Å²) in [6, 6.07) is 7.08. The molecule has 180 valence electrons. The number of nitrogens with zero attached hydrogens (tertiary/aromatic N) is 4. The van der Waals surface area contributed by atoms with Crippen molar-refractivity contribution in [2.75, 3.05) is 41.8 Å². The number of anilines is 3. The van der Waals surface area contributed by atoms with Gasteiger partial charge in [0.15, 0.2) is 5.82 Å². The Kier molecular flexibility index (Phi) is 6.42. The highest BCUT2D eigenvalue weighted by Crippen LogP contribution is 2.33. The number of hydrogen-bond acceptors (Lipinski definition) is 7. The molecule has 3 heterocycles. The molecule has 1 aliphatic rings. The van der Waals surface area contributed by atoms with Crippen molar-refractivity contribution in [2.45, 2.75) is 26.1 Å². The molecular weight excluding hydrogens is 453 g/mol. The first kappa shape index (κ1) is 23.5. The lowest BCUT2D eigenvalue weighted by Gasteiger charge is -2.29. The van der Waals surface area contributed by atoms with Crippen LogP contribution in [0.25, 0.3) is 10.8 Å². The summed E-state index contributed by atoms with van der Waals surface area (Å²) in [6.07, 6.45) is -6.22. The molecule has 0 bridgehead atoms. The molecule has 1 aliphatic heterocycles. The summed E-state index contributed by atoms with van der Waals surface area (Å²) < 4.78 is 45.5. The normalized spacial score (nSPS) is 15.3. The van der Waals surface area contributed by atoms with Crippen LogP contribution in [0.15, 0.2) is 30.3 Å². The molecule has 34 heavy (non-hydrogen) atoms. The van der Waals surface area contributed by atoms with Crippen molar-refractivity contribution < 1.29 is 27.8 Å². The summed E-state index contributed by atoms with van der Waals surface area (Å²) in [6.45, 7) is 6.19. The molecule has 1 fully saturated rings. The highest BCUT2D eigenvalue weighted by atomic mass is 19.4. The van der Waals surface area contributed by atoms with Crippen LogP contribution in [0.2, 0.25) is 0 Å². The Labute approximate surface area is 193 Å². The SMILES string of the molecule is Cc1nnc(NC(C)c2cc(NC(=O)O)cc(C(F)(F)F)n2)c2cc(N3CCOCC3)ccc12. The fraction of sp³-hybridized carbons (Fsp3) is 0.364. The molecule has 1 atom stereocenters. The topological polar surface area (TPSA) is 112 Å². The summed E-state index contributed by atoms with van der Waals surface area (Å²) in [5.74, 6) is 0.384. The van der Waals surface area contributed by atoms with E-state index in [1.54, 1.807) is 6.92 Å². The average molecular weight is 476 g/mol. The van der Waals surface area contributed by atoms with Crippen LogP contribution in [0.5, 0.6) is 0 Å². The van der Waals surface area contributed by atoms with E-state index < -0.39 is 24.0 Å². The number of carbonyl (C=O) groups is 1. The van der Waals surface area contributed by atoms with Crippen molar-refractivity contribution in [3.8, 4) is 0 Å². The minimum Gasteiger partial charge on any atom is -0.465 e. The highest BCUT2D eigenvalue weighted by Gasteiger charge is 2.34. The monoisotopic (exact) mass is 476 g/mol. The van der Waals surface area contributed by atoms with Crippen molar-refractivity contribution >= 4 is 34.1 Å². The van der Waals surface area contributed by atoms with Crippen LogP contribution >= 0.6 is 0 Å². The number of carboxylic acid groups (broad SMARTS) is 1. The van der Waals surface area contributed by atoms with Gasteiger partial charge in [-0.25, -0.2) is 9.78 Å². The maximum absolute atomic E-state index is 13.4. The second-order valence-electron chi connectivity index (χ2n) is 7.92. The van der Waals surface area contributed by atoms with E-state index in [2.05, 4.69) is 25.4 Å². The van der Waals surface area contributed by atoms with E-state index >= 15 is 0 Å². The van der Waals surface area contributed by atoms with Gasteiger partial charge in [0.05, 0.1) is 30.6 Å². The molecule has 0 radical (unpaired) electrons. The van der Waals surface area contributed by atoms with Crippen molar-refractivity contribution in [2.24, 2.45) is 0 Å². The van der Waals surface area contributed by atoms with Crippen LogP contribution in [0.4, 0.5) is 35.2 Å². The second-order valence-corrected chi connectivity index (χ2v) is 7.92. The zero-order valence-corrected chi connectivity index (χ0v) is 18.5. The fourth-order valence-electron chi connectivity index (χ4n) is 3.79. The van der Waals surface area contributed by atoms with Crippen LogP contribution < -0.4 is 15.5 Å². The van der Waals surface area contributed by atoms with E-state index in [4.69, 9.17) is 9.84 Å². The second kappa shape index (κ2) is 9.29. The average Bonchev–Trinajstić information content (AvgIpc) is 2.80. The standard InChI is InChI=1S/C22H23F3N6O3/c1-12-16-4-3-15(31-5-7-34-8-6-31)11-17(16)20(30-29-12)26-13(2)18-9-14(27-21(32)33)10-19(28-18)22(23,24)25/h3-4,9-11,13H,5-8H2,1-2H3,(H,26,30)(H,27,28)(H,32,33). The van der Waals surface area contributed by atoms with E-state index in [0.717, 1.165) is 29.5 Å². The highest BCUT2D eigenvalue weighted by molar-refractivity contribution is 5.95. The summed E-state index contributed by atoms with van der Waals surface area (Å²) >= 11 is 0. The van der Waals surface area contributed by atoms with Gasteiger partial charge >= 0.3 is 12.3 Å². The Morgan fingerprint density at radius 3 is 2.56 bits per heavy atom. The number of aryl methyl sites for hydroxylation is 1. The maximum atomic E-state index is 13.4. The molecule has 1 saturated heterocycles. The van der Waals surface area contributed by atoms with Gasteiger partial charge in [-0.2, -0.15) is 18.3 Å². The predicted molar refractivity (Wildman–Crippen MR) is 120 cm³/mol. The van der Waals surface area contributed by atoms with Gasteiger partial charge in [0, 0.05) is 35.2 Å². The number of nitrogens with one attached hydrogen (secondary N) is 2. The third-order valence-electron chi connectivity index (χ3n) is 5.51. The zero-order chi connectivity index (χ0) is 24.5. The predicted octanol–water partition coefficient (Wildman–Crippen LogP) is 4.45. The molecule has 1 amide bonds. The van der Waals surface area contributed by atoms with Crippen LogP contribution in [0.3, 0.4) is 0 Å². The number of pyridine rings is 1. The Hall–Kier alpha value is -3.67. The molecule has 12 heteroatoms. The van der Waals surface area contributed by atoms with Gasteiger partial charge in [-0.1, -0.05) is 6.07 Å². The number of benzene rings is 1. The number of fused-ring (bicyclic) bond motifs is 1. The zero-order valence-electron chi connectivity index (χ0n) is 18.5. The number of morpholine rings is 1. The molecule has 0 spiro atoms. The number of aromatic nitrogens is 3. The van der Waals surface area contributed by atoms with Gasteiger partial charge in [-0.3, -0.25) is 5.32 Å². The van der Waals surface area contributed by atoms with E-state index in [-0.39, 0.29) is 11.4 Å². The van der Waals surface area contributed by atoms with Crippen molar-refractivity contribution in [1.29, 1.82) is 0 Å². The van der Waals surface area contributed by atoms with Crippen molar-refractivity contribution in [1.82, 2.24) is 15.2 Å². The van der Waals surface area contributed by atoms with E-state index in [1.165, 1.54) is 6.07 Å². The molecule has 3 N–H and O–H groups in total. The summed E-state index contributed by atoms with van der Waals surface area (Å²) in [7, 11) is 0. The summed E-state index contributed by atoms with van der Waals surface area (Å²) in [5, 5.41) is 24.0. The van der Waals surface area contributed by atoms with Crippen LogP contribution in [-0.2, 0) is 10.9 Å². The van der Waals surface area contributed by atoms with Gasteiger partial charge in [-0.15, -0.1) is 5.10 Å². The van der Waals surface area contributed by atoms with Gasteiger partial charge in [0.1, 0.15) is 5.69 Å². The molecule has 1 unspecified atom stereocenters. The van der Waals surface area contributed by atoms with Gasteiger partial charge in [0.2, 0.25) is 0 Å². The van der Waals surface area contributed by atoms with E-state index in [9.17, 15) is 18.0 Å². The molecule has 2 aromatic heterocycles. The fourth-order valence-corrected chi connectivity index (χ4v) is 3.79. The van der Waals surface area contributed by atoms with Gasteiger partial charge in [-0.05, 0) is 38.1 Å². The quantitative estimate of drug-likeness (QED) is 0.495. The Morgan fingerprint density at radius 1 is 1.15 bits per heavy atom. The van der Waals surface area contributed by atoms with Crippen LogP contribution in [-0.4, -0.2) is 52.7 Å². The lowest BCUT2D eigenvalue weighted by atomic mass is 10.1. The Morgan fingerprint density at radius 2 is 1.88 bits per heavy atom. The third-order valence-corrected chi connectivity index (χ3v) is 5.51. The lowest BCUT2D eigenvalue weighted by Crippen LogP contribution is -2.36. The number of ether oxygens (including phenoxy) is 1. The van der Waals surface area contributed by atoms with Crippen LogP contribution in [0.1, 0.15) is 30.0 Å². The molecule has 9 nitrogen and oxygen atoms in total. The number of amides is 1. The minimum atomic E-state index is -4.74. The van der Waals surface area contributed by atoms with E-state index in [0.29, 0.717) is 30.8 Å². The molecule has 0 aliphatic carbocycles. The molecular formula is C22H23F3N6O3. The summed E-state index contributed by atoms with van der Waals surface area (Å²) in [4.78, 5) is 16.9. The van der Waals surface area contributed by atoms with E-state index in [1.807, 2.05) is 30.4 Å².